The van der Waals surface area contributed by atoms with Gasteiger partial charge in [0.2, 0.25) is 5.95 Å². The molecule has 1 aromatic carbocycles. The van der Waals surface area contributed by atoms with Gasteiger partial charge in [-0.15, -0.1) is 0 Å². The number of benzene rings is 1. The Labute approximate surface area is 142 Å². The lowest BCUT2D eigenvalue weighted by Crippen LogP contribution is -2.20. The van der Waals surface area contributed by atoms with Crippen molar-refractivity contribution in [2.75, 3.05) is 25.2 Å². The van der Waals surface area contributed by atoms with Crippen LogP contribution in [0.25, 0.3) is 0 Å². The Morgan fingerprint density at radius 3 is 2.50 bits per heavy atom. The molecular formula is C14H15N5O4S. The van der Waals surface area contributed by atoms with Crippen LogP contribution in [-0.2, 0) is 9.53 Å². The van der Waals surface area contributed by atoms with Crippen LogP contribution in [0.3, 0.4) is 0 Å². The summed E-state index contributed by atoms with van der Waals surface area (Å²) in [6.45, 7) is -0.466. The van der Waals surface area contributed by atoms with E-state index in [1.165, 1.54) is 23.9 Å². The first kappa shape index (κ1) is 17.5. The van der Waals surface area contributed by atoms with Crippen LogP contribution < -0.4 is 15.8 Å². The van der Waals surface area contributed by atoms with Crippen molar-refractivity contribution in [2.24, 2.45) is 5.73 Å². The highest BCUT2D eigenvalue weighted by molar-refractivity contribution is 7.98. The summed E-state index contributed by atoms with van der Waals surface area (Å²) in [6, 6.07) is 6.23. The van der Waals surface area contributed by atoms with Crippen molar-refractivity contribution in [3.8, 4) is 11.8 Å². The van der Waals surface area contributed by atoms with Gasteiger partial charge in [-0.3, -0.25) is 4.79 Å². The number of nitrogens with one attached hydrogen (secondary N) is 1. The normalized spacial score (nSPS) is 10.1. The highest BCUT2D eigenvalue weighted by atomic mass is 32.2. The number of thioether (sulfide) groups is 1. The number of carbonyl (C=O) groups excluding carboxylic acids is 2. The van der Waals surface area contributed by atoms with Crippen LogP contribution in [-0.4, -0.2) is 46.7 Å². The molecule has 0 aliphatic carbocycles. The topological polar surface area (TPSA) is 129 Å². The summed E-state index contributed by atoms with van der Waals surface area (Å²) in [5, 5.41) is 3.33. The van der Waals surface area contributed by atoms with Gasteiger partial charge in [0.1, 0.15) is 5.75 Å². The molecule has 1 aromatic heterocycles. The second-order valence-electron chi connectivity index (χ2n) is 4.35. The third kappa shape index (κ3) is 4.81. The van der Waals surface area contributed by atoms with Gasteiger partial charge in [-0.2, -0.15) is 15.0 Å². The number of rotatable bonds is 7. The average molecular weight is 349 g/mol. The maximum atomic E-state index is 11.7. The van der Waals surface area contributed by atoms with Crippen LogP contribution in [0.2, 0.25) is 0 Å². The molecule has 2 rings (SSSR count). The predicted molar refractivity (Wildman–Crippen MR) is 87.1 cm³/mol. The van der Waals surface area contributed by atoms with Crippen molar-refractivity contribution < 1.29 is 19.1 Å². The van der Waals surface area contributed by atoms with Gasteiger partial charge >= 0.3 is 12.0 Å². The summed E-state index contributed by atoms with van der Waals surface area (Å²) in [4.78, 5) is 34.6. The monoisotopic (exact) mass is 349 g/mol. The fraction of sp³-hybridized carbons (Fsp3) is 0.214. The molecule has 10 heteroatoms. The van der Waals surface area contributed by atoms with E-state index in [9.17, 15) is 9.59 Å². The van der Waals surface area contributed by atoms with E-state index in [0.717, 1.165) is 0 Å². The molecule has 3 N–H and O–H groups in total. The number of hydrogen-bond acceptors (Lipinski definition) is 9. The molecule has 0 saturated carbocycles. The number of aromatic nitrogens is 3. The third-order valence-electron chi connectivity index (χ3n) is 2.65. The molecule has 0 bridgehead atoms. The van der Waals surface area contributed by atoms with E-state index < -0.39 is 18.5 Å². The minimum atomic E-state index is -0.719. The van der Waals surface area contributed by atoms with Gasteiger partial charge in [-0.25, -0.2) is 4.79 Å². The molecule has 2 aromatic rings. The summed E-state index contributed by atoms with van der Waals surface area (Å²) in [5.74, 6) is -0.552. The second-order valence-corrected chi connectivity index (χ2v) is 5.12. The molecular weight excluding hydrogens is 334 g/mol. The minimum absolute atomic E-state index is 0.128. The quantitative estimate of drug-likeness (QED) is 0.557. The minimum Gasteiger partial charge on any atom is -0.452 e. The Balaban J connectivity index is 2.09. The summed E-state index contributed by atoms with van der Waals surface area (Å²) >= 11 is 1.36. The summed E-state index contributed by atoms with van der Waals surface area (Å²) < 4.78 is 10.3. The number of esters is 1. The zero-order valence-corrected chi connectivity index (χ0v) is 13.8. The van der Waals surface area contributed by atoms with Crippen LogP contribution in [0.4, 0.5) is 5.95 Å². The van der Waals surface area contributed by atoms with Crippen molar-refractivity contribution in [3.63, 3.8) is 0 Å². The second kappa shape index (κ2) is 8.11. The maximum Gasteiger partial charge on any atom is 0.338 e. The van der Waals surface area contributed by atoms with E-state index in [0.29, 0.717) is 16.9 Å². The van der Waals surface area contributed by atoms with Crippen LogP contribution >= 0.6 is 11.8 Å². The van der Waals surface area contributed by atoms with Gasteiger partial charge in [-0.05, 0) is 30.5 Å². The van der Waals surface area contributed by atoms with E-state index in [-0.39, 0.29) is 11.6 Å². The zero-order valence-electron chi connectivity index (χ0n) is 13.0. The highest BCUT2D eigenvalue weighted by Crippen LogP contribution is 2.21. The number of anilines is 1. The maximum absolute atomic E-state index is 11.7. The Kier molecular flexibility index (Phi) is 5.90. The molecule has 0 aliphatic heterocycles. The van der Waals surface area contributed by atoms with Gasteiger partial charge in [0.05, 0.1) is 5.56 Å². The lowest BCUT2D eigenvalue weighted by molar-refractivity contribution is -0.121. The molecule has 0 spiro atoms. The number of amides is 1. The van der Waals surface area contributed by atoms with Crippen LogP contribution in [0, 0.1) is 0 Å². The standard InChI is InChI=1S/C14H15N5O4S/c1-16-12-17-13(19-14(18-12)24-2)23-9-5-3-8(4-6-9)11(21)22-7-10(15)20/h3-6H,7H2,1-2H3,(H2,15,20)(H,16,17,18,19). The number of nitrogens with two attached hydrogens (primary N) is 1. The zero-order chi connectivity index (χ0) is 17.5. The number of nitrogens with zero attached hydrogens (tertiary/aromatic N) is 3. The molecule has 0 unspecified atom stereocenters. The van der Waals surface area contributed by atoms with Crippen molar-refractivity contribution in [3.05, 3.63) is 29.8 Å². The van der Waals surface area contributed by atoms with Gasteiger partial charge in [0, 0.05) is 7.05 Å². The van der Waals surface area contributed by atoms with Crippen LogP contribution in [0.1, 0.15) is 10.4 Å². The summed E-state index contributed by atoms with van der Waals surface area (Å²) in [7, 11) is 1.69. The Bertz CT molecular complexity index is 716. The van der Waals surface area contributed by atoms with E-state index in [4.69, 9.17) is 15.2 Å². The van der Waals surface area contributed by atoms with E-state index >= 15 is 0 Å². The third-order valence-corrected chi connectivity index (χ3v) is 3.19. The fourth-order valence-electron chi connectivity index (χ4n) is 1.57. The highest BCUT2D eigenvalue weighted by Gasteiger charge is 2.10. The molecule has 24 heavy (non-hydrogen) atoms. The van der Waals surface area contributed by atoms with Gasteiger partial charge in [-0.1, -0.05) is 11.8 Å². The summed E-state index contributed by atoms with van der Waals surface area (Å²) in [6.07, 6.45) is 1.84. The first-order valence-electron chi connectivity index (χ1n) is 6.73. The first-order valence-corrected chi connectivity index (χ1v) is 7.95. The van der Waals surface area contributed by atoms with Gasteiger partial charge in [0.25, 0.3) is 5.91 Å². The van der Waals surface area contributed by atoms with Crippen LogP contribution in [0.15, 0.2) is 29.4 Å². The van der Waals surface area contributed by atoms with Crippen molar-refractivity contribution in [1.29, 1.82) is 0 Å². The molecule has 1 amide bonds. The van der Waals surface area contributed by atoms with Crippen LogP contribution in [0.5, 0.6) is 11.8 Å². The van der Waals surface area contributed by atoms with Gasteiger partial charge < -0.3 is 20.5 Å². The van der Waals surface area contributed by atoms with Crippen molar-refractivity contribution in [2.45, 2.75) is 5.16 Å². The smallest absolute Gasteiger partial charge is 0.338 e. The molecule has 0 fully saturated rings. The molecule has 9 nitrogen and oxygen atoms in total. The average Bonchev–Trinajstić information content (AvgIpc) is 2.59. The van der Waals surface area contributed by atoms with E-state index in [1.54, 1.807) is 19.2 Å². The lowest BCUT2D eigenvalue weighted by Gasteiger charge is -2.07. The predicted octanol–water partition coefficient (Wildman–Crippen LogP) is 1.07. The molecule has 126 valence electrons. The number of hydrogen-bond donors (Lipinski definition) is 2. The Morgan fingerprint density at radius 1 is 1.21 bits per heavy atom. The first-order chi connectivity index (χ1) is 11.5. The number of carbonyl (C=O) groups is 2. The van der Waals surface area contributed by atoms with Gasteiger partial charge in [0.15, 0.2) is 11.8 Å². The molecule has 0 atom stereocenters. The lowest BCUT2D eigenvalue weighted by atomic mass is 10.2. The largest absolute Gasteiger partial charge is 0.452 e. The molecule has 0 saturated heterocycles. The molecule has 0 aliphatic rings. The van der Waals surface area contributed by atoms with Crippen molar-refractivity contribution in [1.82, 2.24) is 15.0 Å². The summed E-state index contributed by atoms with van der Waals surface area (Å²) in [5.41, 5.74) is 5.18. The fourth-order valence-corrected chi connectivity index (χ4v) is 1.92. The Hall–Kier alpha value is -2.88. The Morgan fingerprint density at radius 2 is 1.92 bits per heavy atom. The SMILES string of the molecule is CNc1nc(Oc2ccc(C(=O)OCC(N)=O)cc2)nc(SC)n1. The van der Waals surface area contributed by atoms with Crippen molar-refractivity contribution >= 4 is 29.6 Å². The van der Waals surface area contributed by atoms with E-state index in [1.807, 2.05) is 6.26 Å². The number of ether oxygens (including phenoxy) is 2. The molecule has 1 heterocycles. The number of primary amides is 1. The molecule has 0 radical (unpaired) electrons. The van der Waals surface area contributed by atoms with E-state index in [2.05, 4.69) is 20.3 Å².